The van der Waals surface area contributed by atoms with Gasteiger partial charge >= 0.3 is 0 Å². The second-order valence-corrected chi connectivity index (χ2v) is 14.3. The van der Waals surface area contributed by atoms with Crippen molar-refractivity contribution in [2.45, 2.75) is 67.9 Å². The van der Waals surface area contributed by atoms with Gasteiger partial charge in [-0.1, -0.05) is 49.4 Å². The van der Waals surface area contributed by atoms with Gasteiger partial charge in [0.05, 0.1) is 16.6 Å². The molecule has 0 aliphatic carbocycles. The molecule has 43 heavy (non-hydrogen) atoms. The molecule has 2 aromatic carbocycles. The molecule has 0 aromatic heterocycles. The molecule has 5 rings (SSSR count). The predicted molar refractivity (Wildman–Crippen MR) is 175 cm³/mol. The van der Waals surface area contributed by atoms with E-state index in [1.165, 1.54) is 0 Å². The van der Waals surface area contributed by atoms with Crippen molar-refractivity contribution in [1.82, 2.24) is 9.80 Å². The number of unbranched alkanes of at least 4 members (excludes halogenated alkanes) is 2. The van der Waals surface area contributed by atoms with Crippen LogP contribution < -0.4 is 4.90 Å². The summed E-state index contributed by atoms with van der Waals surface area (Å²) in [5.74, 6) is -1.24. The normalized spacial score (nSPS) is 27.4. The fourth-order valence-corrected chi connectivity index (χ4v) is 10.1. The van der Waals surface area contributed by atoms with Crippen LogP contribution in [-0.4, -0.2) is 80.9 Å². The Hall–Kier alpha value is -3.10. The molecule has 3 amide bonds. The number of anilines is 1. The summed E-state index contributed by atoms with van der Waals surface area (Å²) in [6.45, 7) is 13.9. The lowest BCUT2D eigenvalue weighted by atomic mass is 9.66. The third kappa shape index (κ3) is 5.42. The van der Waals surface area contributed by atoms with Crippen molar-refractivity contribution in [3.05, 3.63) is 67.8 Å². The van der Waals surface area contributed by atoms with Crippen molar-refractivity contribution in [3.8, 4) is 0 Å². The van der Waals surface area contributed by atoms with Crippen LogP contribution in [0, 0.1) is 11.8 Å². The van der Waals surface area contributed by atoms with Gasteiger partial charge in [0.15, 0.2) is 0 Å². The first-order valence-corrected chi connectivity index (χ1v) is 16.5. The number of aliphatic hydroxyl groups is 1. The van der Waals surface area contributed by atoms with Crippen LogP contribution in [0.1, 0.15) is 52.4 Å². The van der Waals surface area contributed by atoms with Gasteiger partial charge in [0.1, 0.15) is 6.04 Å². The molecule has 3 saturated heterocycles. The summed E-state index contributed by atoms with van der Waals surface area (Å²) in [7, 11) is 0. The fraction of sp³-hybridized carbons (Fsp3) is 0.514. The number of likely N-dealkylation sites (tertiary alicyclic amines) is 1. The van der Waals surface area contributed by atoms with Crippen LogP contribution in [-0.2, 0) is 14.4 Å². The lowest BCUT2D eigenvalue weighted by Gasteiger charge is -2.38. The van der Waals surface area contributed by atoms with Gasteiger partial charge in [0.2, 0.25) is 11.8 Å². The van der Waals surface area contributed by atoms with Gasteiger partial charge in [-0.2, -0.15) is 0 Å². The highest BCUT2D eigenvalue weighted by Crippen LogP contribution is 2.71. The van der Waals surface area contributed by atoms with Crippen molar-refractivity contribution in [2.75, 3.05) is 37.7 Å². The highest BCUT2D eigenvalue weighted by molar-refractivity contribution is 8.02. The van der Waals surface area contributed by atoms with E-state index < -0.39 is 27.4 Å². The van der Waals surface area contributed by atoms with Crippen LogP contribution >= 0.6 is 11.8 Å². The van der Waals surface area contributed by atoms with Crippen LogP contribution in [0.2, 0.25) is 0 Å². The van der Waals surface area contributed by atoms with Crippen LogP contribution in [0.15, 0.2) is 67.8 Å². The van der Waals surface area contributed by atoms with Crippen molar-refractivity contribution in [1.29, 1.82) is 0 Å². The second-order valence-electron chi connectivity index (χ2n) is 12.4. The zero-order valence-corrected chi connectivity index (χ0v) is 26.4. The Balaban J connectivity index is 1.56. The molecule has 3 heterocycles. The Morgan fingerprint density at radius 3 is 2.49 bits per heavy atom. The van der Waals surface area contributed by atoms with E-state index >= 15 is 0 Å². The maximum atomic E-state index is 14.9. The Morgan fingerprint density at radius 2 is 1.79 bits per heavy atom. The monoisotopic (exact) mass is 603 g/mol. The average Bonchev–Trinajstić information content (AvgIpc) is 3.57. The van der Waals surface area contributed by atoms with Crippen molar-refractivity contribution in [2.24, 2.45) is 11.8 Å². The molecule has 3 aliphatic rings. The number of aliphatic hydroxyl groups excluding tert-OH is 1. The van der Waals surface area contributed by atoms with Crippen LogP contribution in [0.4, 0.5) is 5.69 Å². The molecule has 5 atom stereocenters. The molecular formula is C35H45N3O4S. The van der Waals surface area contributed by atoms with Crippen LogP contribution in [0.3, 0.4) is 0 Å². The number of benzene rings is 2. The highest BCUT2D eigenvalue weighted by Gasteiger charge is 2.77. The van der Waals surface area contributed by atoms with Gasteiger partial charge in [0.25, 0.3) is 5.91 Å². The summed E-state index contributed by atoms with van der Waals surface area (Å²) in [6, 6.07) is 13.4. The van der Waals surface area contributed by atoms with E-state index in [1.807, 2.05) is 54.3 Å². The van der Waals surface area contributed by atoms with E-state index in [2.05, 4.69) is 20.1 Å². The minimum Gasteiger partial charge on any atom is -0.396 e. The number of carbonyl (C=O) groups excluding carboxylic acids is 3. The van der Waals surface area contributed by atoms with E-state index in [1.54, 1.807) is 33.7 Å². The zero-order valence-electron chi connectivity index (χ0n) is 25.5. The molecule has 0 radical (unpaired) electrons. The van der Waals surface area contributed by atoms with Crippen molar-refractivity contribution >= 4 is 45.9 Å². The van der Waals surface area contributed by atoms with Crippen molar-refractivity contribution in [3.63, 3.8) is 0 Å². The average molecular weight is 604 g/mol. The first-order valence-electron chi connectivity index (χ1n) is 15.7. The molecule has 0 saturated carbocycles. The van der Waals surface area contributed by atoms with Gasteiger partial charge in [-0.25, -0.2) is 0 Å². The summed E-state index contributed by atoms with van der Waals surface area (Å²) >= 11 is 1.71. The number of carbonyl (C=O) groups is 3. The third-order valence-corrected chi connectivity index (χ3v) is 11.6. The molecule has 2 aromatic rings. The Morgan fingerprint density at radius 1 is 1.05 bits per heavy atom. The number of hydrogen-bond donors (Lipinski definition) is 1. The topological polar surface area (TPSA) is 81.2 Å². The van der Waals surface area contributed by atoms with Crippen LogP contribution in [0.25, 0.3) is 10.8 Å². The first-order chi connectivity index (χ1) is 20.8. The summed E-state index contributed by atoms with van der Waals surface area (Å²) < 4.78 is -1.10. The SMILES string of the molecule is C=CCN(CCC)C(=O)[C@H]1[C@H]2C(=O)N(CCCCCO)C(C(=O)N(CC=C)c3ccc4ccccc4c3)C23CC[C@]1(C)S3. The van der Waals surface area contributed by atoms with E-state index in [0.29, 0.717) is 45.4 Å². The zero-order chi connectivity index (χ0) is 30.8. The standard InChI is InChI=1S/C35H45N3O4S/c1-5-19-36(20-6-2)31(40)28-29-32(41)38(22-11-8-12-23-39)30(35(29)18-17-34(28,4)43-35)33(42)37(21-7-3)27-16-15-25-13-9-10-14-26(25)24-27/h5,7,9-10,13-16,24,28-30,39H,1,3,6,8,11-12,17-23H2,2,4H3/t28-,29+,30?,34+,35?/m1/s1. The quantitative estimate of drug-likeness (QED) is 0.230. The Kier molecular flexibility index (Phi) is 9.37. The number of amides is 3. The van der Waals surface area contributed by atoms with E-state index in [4.69, 9.17) is 0 Å². The number of hydrogen-bond acceptors (Lipinski definition) is 5. The first kappa shape index (κ1) is 31.3. The smallest absolute Gasteiger partial charge is 0.251 e. The van der Waals surface area contributed by atoms with Crippen LogP contribution in [0.5, 0.6) is 0 Å². The van der Waals surface area contributed by atoms with E-state index in [0.717, 1.165) is 35.7 Å². The molecule has 1 N–H and O–H groups in total. The second kappa shape index (κ2) is 12.9. The lowest BCUT2D eigenvalue weighted by molar-refractivity contribution is -0.145. The Labute approximate surface area is 260 Å². The summed E-state index contributed by atoms with van der Waals surface area (Å²) in [6.07, 6.45) is 7.90. The van der Waals surface area contributed by atoms with Gasteiger partial charge in [0, 0.05) is 43.2 Å². The molecule has 230 valence electrons. The molecule has 1 spiro atoms. The van der Waals surface area contributed by atoms with Gasteiger partial charge in [-0.05, 0) is 68.4 Å². The molecule has 3 fully saturated rings. The largest absolute Gasteiger partial charge is 0.396 e. The molecule has 3 aliphatic heterocycles. The molecule has 2 bridgehead atoms. The van der Waals surface area contributed by atoms with Crippen molar-refractivity contribution < 1.29 is 19.5 Å². The van der Waals surface area contributed by atoms with Gasteiger partial charge in [-0.3, -0.25) is 14.4 Å². The predicted octanol–water partition coefficient (Wildman–Crippen LogP) is 5.43. The van der Waals surface area contributed by atoms with Gasteiger partial charge < -0.3 is 19.8 Å². The Bertz CT molecular complexity index is 1400. The molecule has 2 unspecified atom stereocenters. The van der Waals surface area contributed by atoms with Gasteiger partial charge in [-0.15, -0.1) is 24.9 Å². The molecular weight excluding hydrogens is 558 g/mol. The summed E-state index contributed by atoms with van der Waals surface area (Å²) in [4.78, 5) is 49.0. The minimum absolute atomic E-state index is 0.00230. The number of fused-ring (bicyclic) bond motifs is 2. The number of thioether (sulfide) groups is 1. The van der Waals surface area contributed by atoms with E-state index in [9.17, 15) is 19.5 Å². The third-order valence-electron chi connectivity index (χ3n) is 9.61. The maximum absolute atomic E-state index is 14.9. The summed E-state index contributed by atoms with van der Waals surface area (Å²) in [5.41, 5.74) is 0.771. The maximum Gasteiger partial charge on any atom is 0.251 e. The minimum atomic E-state index is -0.686. The lowest BCUT2D eigenvalue weighted by Crippen LogP contribution is -2.55. The molecule has 8 heteroatoms. The number of nitrogens with zero attached hydrogens (tertiary/aromatic N) is 3. The molecule has 7 nitrogen and oxygen atoms in total. The number of rotatable bonds is 14. The fourth-order valence-electron chi connectivity index (χ4n) is 7.75. The van der Waals surface area contributed by atoms with E-state index in [-0.39, 0.29) is 24.3 Å². The summed E-state index contributed by atoms with van der Waals surface area (Å²) in [5, 5.41) is 11.5. The highest BCUT2D eigenvalue weighted by atomic mass is 32.2.